The van der Waals surface area contributed by atoms with Gasteiger partial charge >= 0.3 is 5.91 Å². The van der Waals surface area contributed by atoms with Crippen LogP contribution in [0.5, 0.6) is 5.75 Å². The number of anilines is 1. The predicted molar refractivity (Wildman–Crippen MR) is 130 cm³/mol. The molecule has 2 aromatic heterocycles. The fraction of sp³-hybridized carbons (Fsp3) is 0.192. The maximum atomic E-state index is 13.3. The molecule has 3 heterocycles. The van der Waals surface area contributed by atoms with Gasteiger partial charge in [0.1, 0.15) is 29.1 Å². The number of hydrogen-bond acceptors (Lipinski definition) is 7. The molecule has 5 rings (SSSR count). The van der Waals surface area contributed by atoms with Crippen molar-refractivity contribution in [3.05, 3.63) is 82.8 Å². The molecule has 8 heteroatoms. The molecule has 1 aliphatic rings. The monoisotopic (exact) mass is 474 g/mol. The Balaban J connectivity index is 1.67. The van der Waals surface area contributed by atoms with Crippen LogP contribution in [0.2, 0.25) is 0 Å². The minimum Gasteiger partial charge on any atom is -0.507 e. The van der Waals surface area contributed by atoms with Crippen LogP contribution in [-0.2, 0) is 9.59 Å². The zero-order valence-corrected chi connectivity index (χ0v) is 19.7. The SMILES string of the molecule is CCOc1ccc(C(O)=C2C(=O)C(=O)N(c3nc4ccc(C)cc4s3)C2c2ccc(C)o2)cc1. The Morgan fingerprint density at radius 1 is 1.12 bits per heavy atom. The van der Waals surface area contributed by atoms with Gasteiger partial charge in [-0.1, -0.05) is 17.4 Å². The van der Waals surface area contributed by atoms with Crippen LogP contribution in [0.1, 0.15) is 35.6 Å². The molecule has 4 aromatic rings. The van der Waals surface area contributed by atoms with Crippen LogP contribution in [-0.4, -0.2) is 28.4 Å². The lowest BCUT2D eigenvalue weighted by molar-refractivity contribution is -0.132. The summed E-state index contributed by atoms with van der Waals surface area (Å²) in [5.41, 5.74) is 2.15. The van der Waals surface area contributed by atoms with E-state index in [1.54, 1.807) is 43.3 Å². The lowest BCUT2D eigenvalue weighted by Crippen LogP contribution is -2.29. The van der Waals surface area contributed by atoms with Crippen LogP contribution < -0.4 is 9.64 Å². The Kier molecular flexibility index (Phi) is 5.45. The number of rotatable bonds is 5. The topological polar surface area (TPSA) is 92.9 Å². The van der Waals surface area contributed by atoms with Gasteiger partial charge in [0.15, 0.2) is 5.13 Å². The number of hydrogen-bond donors (Lipinski definition) is 1. The fourth-order valence-electron chi connectivity index (χ4n) is 4.05. The number of fused-ring (bicyclic) bond motifs is 1. The second-order valence-electron chi connectivity index (χ2n) is 8.04. The van der Waals surface area contributed by atoms with Crippen LogP contribution in [0.25, 0.3) is 16.0 Å². The van der Waals surface area contributed by atoms with Gasteiger partial charge in [-0.15, -0.1) is 0 Å². The molecule has 1 atom stereocenters. The molecule has 0 bridgehead atoms. The Labute approximate surface area is 199 Å². The van der Waals surface area contributed by atoms with Crippen LogP contribution >= 0.6 is 11.3 Å². The number of ether oxygens (including phenoxy) is 1. The predicted octanol–water partition coefficient (Wildman–Crippen LogP) is 5.53. The Bertz CT molecular complexity index is 1450. The van der Waals surface area contributed by atoms with Gasteiger partial charge in [-0.3, -0.25) is 14.5 Å². The first-order valence-electron chi connectivity index (χ1n) is 10.8. The summed E-state index contributed by atoms with van der Waals surface area (Å²) in [6, 6.07) is 15.0. The van der Waals surface area contributed by atoms with E-state index in [1.807, 2.05) is 32.0 Å². The zero-order chi connectivity index (χ0) is 24.0. The molecule has 2 aromatic carbocycles. The molecule has 0 aliphatic carbocycles. The van der Waals surface area contributed by atoms with E-state index >= 15 is 0 Å². The number of thiazole rings is 1. The normalized spacial score (nSPS) is 17.6. The van der Waals surface area contributed by atoms with Crippen molar-refractivity contribution in [1.82, 2.24) is 4.98 Å². The molecule has 0 saturated carbocycles. The summed E-state index contributed by atoms with van der Waals surface area (Å²) in [7, 11) is 0. The van der Waals surface area contributed by atoms with E-state index in [2.05, 4.69) is 4.98 Å². The van der Waals surface area contributed by atoms with E-state index in [0.29, 0.717) is 34.6 Å². The number of aromatic nitrogens is 1. The van der Waals surface area contributed by atoms with Crippen molar-refractivity contribution in [3.8, 4) is 5.75 Å². The van der Waals surface area contributed by atoms with Gasteiger partial charge in [0, 0.05) is 5.56 Å². The van der Waals surface area contributed by atoms with Gasteiger partial charge < -0.3 is 14.3 Å². The highest BCUT2D eigenvalue weighted by Gasteiger charge is 2.49. The molecule has 1 aliphatic heterocycles. The van der Waals surface area contributed by atoms with E-state index < -0.39 is 17.7 Å². The number of amides is 1. The average Bonchev–Trinajstić information content (AvgIpc) is 3.50. The van der Waals surface area contributed by atoms with Gasteiger partial charge in [-0.05, 0) is 74.9 Å². The molecule has 1 unspecified atom stereocenters. The molecule has 34 heavy (non-hydrogen) atoms. The molecular formula is C26H22N2O5S. The third-order valence-electron chi connectivity index (χ3n) is 5.65. The van der Waals surface area contributed by atoms with Crippen molar-refractivity contribution >= 4 is 44.1 Å². The number of aryl methyl sites for hydroxylation is 2. The first kappa shape index (κ1) is 21.9. The fourth-order valence-corrected chi connectivity index (χ4v) is 5.14. The van der Waals surface area contributed by atoms with E-state index in [4.69, 9.17) is 9.15 Å². The van der Waals surface area contributed by atoms with Crippen LogP contribution in [0.4, 0.5) is 5.13 Å². The van der Waals surface area contributed by atoms with Crippen molar-refractivity contribution in [1.29, 1.82) is 0 Å². The zero-order valence-electron chi connectivity index (χ0n) is 18.9. The smallest absolute Gasteiger partial charge is 0.302 e. The third-order valence-corrected chi connectivity index (χ3v) is 6.67. The maximum Gasteiger partial charge on any atom is 0.302 e. The van der Waals surface area contributed by atoms with E-state index in [0.717, 1.165) is 15.8 Å². The first-order valence-corrected chi connectivity index (χ1v) is 11.7. The lowest BCUT2D eigenvalue weighted by Gasteiger charge is -2.20. The van der Waals surface area contributed by atoms with E-state index in [-0.39, 0.29) is 11.3 Å². The van der Waals surface area contributed by atoms with Crippen LogP contribution in [0.15, 0.2) is 64.6 Å². The van der Waals surface area contributed by atoms with Crippen LogP contribution in [0, 0.1) is 13.8 Å². The number of Topliss-reactive ketones (excluding diaryl/α,β-unsaturated/α-hetero) is 1. The van der Waals surface area contributed by atoms with Crippen molar-refractivity contribution in [2.45, 2.75) is 26.8 Å². The second-order valence-corrected chi connectivity index (χ2v) is 9.05. The Morgan fingerprint density at radius 2 is 1.88 bits per heavy atom. The lowest BCUT2D eigenvalue weighted by atomic mass is 9.99. The average molecular weight is 475 g/mol. The number of aliphatic hydroxyl groups excluding tert-OH is 1. The number of aliphatic hydroxyl groups is 1. The van der Waals surface area contributed by atoms with Crippen molar-refractivity contribution in [2.24, 2.45) is 0 Å². The summed E-state index contributed by atoms with van der Waals surface area (Å²) in [6.07, 6.45) is 0. The summed E-state index contributed by atoms with van der Waals surface area (Å²) in [5, 5.41) is 11.6. The van der Waals surface area contributed by atoms with Crippen LogP contribution in [0.3, 0.4) is 0 Å². The third kappa shape index (κ3) is 3.66. The highest BCUT2D eigenvalue weighted by atomic mass is 32.1. The molecule has 1 fully saturated rings. The second kappa shape index (κ2) is 8.46. The Morgan fingerprint density at radius 3 is 2.56 bits per heavy atom. The molecule has 0 spiro atoms. The number of ketones is 1. The minimum atomic E-state index is -0.943. The molecule has 1 amide bonds. The summed E-state index contributed by atoms with van der Waals surface area (Å²) in [5.74, 6) is -0.188. The number of furan rings is 1. The van der Waals surface area contributed by atoms with E-state index in [1.165, 1.54) is 16.2 Å². The van der Waals surface area contributed by atoms with Gasteiger partial charge in [0.25, 0.3) is 5.78 Å². The van der Waals surface area contributed by atoms with Gasteiger partial charge in [0.2, 0.25) is 0 Å². The molecule has 0 radical (unpaired) electrons. The highest BCUT2D eigenvalue weighted by Crippen LogP contribution is 2.44. The van der Waals surface area contributed by atoms with Gasteiger partial charge in [0.05, 0.1) is 22.4 Å². The number of benzene rings is 2. The number of nitrogens with zero attached hydrogens (tertiary/aromatic N) is 2. The Hall–Kier alpha value is -3.91. The van der Waals surface area contributed by atoms with Gasteiger partial charge in [-0.25, -0.2) is 4.98 Å². The number of carbonyl (C=O) groups excluding carboxylic acids is 2. The highest BCUT2D eigenvalue weighted by molar-refractivity contribution is 7.22. The molecule has 172 valence electrons. The largest absolute Gasteiger partial charge is 0.507 e. The minimum absolute atomic E-state index is 0.0426. The van der Waals surface area contributed by atoms with Crippen molar-refractivity contribution in [3.63, 3.8) is 0 Å². The standard InChI is InChI=1S/C26H22N2O5S/c1-4-32-17-9-7-16(8-10-17)23(29)21-22(19-12-6-15(3)33-19)28(25(31)24(21)30)26-27-18-11-5-14(2)13-20(18)34-26/h5-13,22,29H,4H2,1-3H3. The molecule has 1 N–H and O–H groups in total. The number of carbonyl (C=O) groups is 2. The van der Waals surface area contributed by atoms with Gasteiger partial charge in [-0.2, -0.15) is 0 Å². The summed E-state index contributed by atoms with van der Waals surface area (Å²) < 4.78 is 12.2. The quantitative estimate of drug-likeness (QED) is 0.232. The van der Waals surface area contributed by atoms with Crippen molar-refractivity contribution in [2.75, 3.05) is 11.5 Å². The van der Waals surface area contributed by atoms with E-state index in [9.17, 15) is 14.7 Å². The summed E-state index contributed by atoms with van der Waals surface area (Å²) in [6.45, 7) is 6.15. The summed E-state index contributed by atoms with van der Waals surface area (Å²) >= 11 is 1.32. The molecule has 1 saturated heterocycles. The molecule has 7 nitrogen and oxygen atoms in total. The summed E-state index contributed by atoms with van der Waals surface area (Å²) in [4.78, 5) is 32.4. The maximum absolute atomic E-state index is 13.3. The van der Waals surface area contributed by atoms with Crippen molar-refractivity contribution < 1.29 is 23.8 Å². The molecular weight excluding hydrogens is 452 g/mol. The first-order chi connectivity index (χ1) is 16.4.